The van der Waals surface area contributed by atoms with Gasteiger partial charge in [0.15, 0.2) is 5.16 Å². The number of nitrogens with zero attached hydrogens (tertiary/aromatic N) is 3. The minimum Gasteiger partial charge on any atom is -0.324 e. The van der Waals surface area contributed by atoms with E-state index in [1.54, 1.807) is 18.2 Å². The summed E-state index contributed by atoms with van der Waals surface area (Å²) in [7, 11) is 0. The average Bonchev–Trinajstić information content (AvgIpc) is 3.41. The van der Waals surface area contributed by atoms with Crippen molar-refractivity contribution in [3.8, 4) is 0 Å². The molecule has 1 saturated carbocycles. The monoisotopic (exact) mass is 460 g/mol. The van der Waals surface area contributed by atoms with Crippen molar-refractivity contribution in [2.24, 2.45) is 0 Å². The molecule has 1 amide bonds. The molecule has 1 aliphatic rings. The Morgan fingerprint density at radius 1 is 1.17 bits per heavy atom. The van der Waals surface area contributed by atoms with Gasteiger partial charge >= 0.3 is 0 Å². The normalized spacial score (nSPS) is 17.7. The molecule has 0 bridgehead atoms. The summed E-state index contributed by atoms with van der Waals surface area (Å²) in [6.07, 6.45) is 1.08. The van der Waals surface area contributed by atoms with Crippen LogP contribution in [0.25, 0.3) is 0 Å². The van der Waals surface area contributed by atoms with E-state index in [1.165, 1.54) is 22.9 Å². The van der Waals surface area contributed by atoms with Gasteiger partial charge in [0.2, 0.25) is 5.91 Å². The maximum Gasteiger partial charge on any atom is 0.234 e. The molecule has 0 unspecified atom stereocenters. The highest BCUT2D eigenvalue weighted by atomic mass is 35.5. The number of hydrogen-bond acceptors (Lipinski definition) is 4. The van der Waals surface area contributed by atoms with Crippen molar-refractivity contribution >= 4 is 46.6 Å². The van der Waals surface area contributed by atoms with Crippen molar-refractivity contribution < 1.29 is 4.79 Å². The fraction of sp³-hybridized carbons (Fsp3) is 0.318. The molecule has 1 aliphatic carbocycles. The second-order valence-electron chi connectivity index (χ2n) is 7.41. The number of benzene rings is 2. The molecule has 2 aromatic carbocycles. The largest absolute Gasteiger partial charge is 0.324 e. The zero-order chi connectivity index (χ0) is 21.3. The Balaban J connectivity index is 1.39. The molecule has 1 heterocycles. The first kappa shape index (κ1) is 21.2. The lowest BCUT2D eigenvalue weighted by atomic mass is 10.1. The van der Waals surface area contributed by atoms with E-state index >= 15 is 0 Å². The van der Waals surface area contributed by atoms with Gasteiger partial charge in [-0.3, -0.25) is 4.79 Å². The maximum atomic E-state index is 12.4. The fourth-order valence-electron chi connectivity index (χ4n) is 3.55. The van der Waals surface area contributed by atoms with Crippen LogP contribution in [0.3, 0.4) is 0 Å². The molecule has 156 valence electrons. The molecule has 1 aromatic heterocycles. The minimum absolute atomic E-state index is 0.152. The summed E-state index contributed by atoms with van der Waals surface area (Å²) in [5.41, 5.74) is 3.16. The Hall–Kier alpha value is -2.02. The summed E-state index contributed by atoms with van der Waals surface area (Å²) in [6.45, 7) is 4.95. The van der Waals surface area contributed by atoms with Crippen molar-refractivity contribution in [1.29, 1.82) is 0 Å². The first-order valence-electron chi connectivity index (χ1n) is 9.83. The Labute approximate surface area is 190 Å². The molecule has 0 spiro atoms. The quantitative estimate of drug-likeness (QED) is 0.444. The zero-order valence-electron chi connectivity index (χ0n) is 16.7. The van der Waals surface area contributed by atoms with Crippen molar-refractivity contribution in [2.45, 2.75) is 43.8 Å². The topological polar surface area (TPSA) is 59.8 Å². The van der Waals surface area contributed by atoms with Gasteiger partial charge in [0.1, 0.15) is 5.82 Å². The lowest BCUT2D eigenvalue weighted by Crippen LogP contribution is -2.15. The van der Waals surface area contributed by atoms with Crippen LogP contribution in [0, 0.1) is 6.92 Å². The van der Waals surface area contributed by atoms with Gasteiger partial charge in [-0.1, -0.05) is 64.8 Å². The first-order valence-corrected chi connectivity index (χ1v) is 11.6. The van der Waals surface area contributed by atoms with E-state index < -0.39 is 0 Å². The number of rotatable bonds is 7. The third-order valence-electron chi connectivity index (χ3n) is 5.23. The summed E-state index contributed by atoms with van der Waals surface area (Å²) in [5, 5.41) is 13.3. The summed E-state index contributed by atoms with van der Waals surface area (Å²) in [5.74, 6) is 1.96. The van der Waals surface area contributed by atoms with Crippen molar-refractivity contribution in [3.05, 3.63) is 69.5 Å². The molecule has 0 radical (unpaired) electrons. The SMILES string of the molecule is CCn1c(SCC(=O)Nc2ccc(Cl)cc2Cl)nnc1[C@H]1C[C@H]1c1ccc(C)cc1. The maximum absolute atomic E-state index is 12.4. The van der Waals surface area contributed by atoms with Crippen molar-refractivity contribution in [1.82, 2.24) is 14.8 Å². The van der Waals surface area contributed by atoms with Gasteiger partial charge in [0, 0.05) is 17.5 Å². The second-order valence-corrected chi connectivity index (χ2v) is 9.19. The molecule has 3 aromatic rings. The van der Waals surface area contributed by atoms with Gasteiger partial charge in [0.25, 0.3) is 0 Å². The number of aromatic nitrogens is 3. The highest BCUT2D eigenvalue weighted by Crippen LogP contribution is 2.54. The molecule has 0 saturated heterocycles. The highest BCUT2D eigenvalue weighted by Gasteiger charge is 2.43. The molecule has 1 fully saturated rings. The van der Waals surface area contributed by atoms with Crippen LogP contribution in [0.4, 0.5) is 5.69 Å². The van der Waals surface area contributed by atoms with Gasteiger partial charge in [-0.25, -0.2) is 0 Å². The summed E-state index contributed by atoms with van der Waals surface area (Å²) >= 11 is 13.4. The fourth-order valence-corrected chi connectivity index (χ4v) is 4.81. The Morgan fingerprint density at radius 3 is 2.63 bits per heavy atom. The van der Waals surface area contributed by atoms with Crippen molar-refractivity contribution in [2.75, 3.05) is 11.1 Å². The number of carbonyl (C=O) groups excluding carboxylic acids is 1. The van der Waals surface area contributed by atoms with Crippen LogP contribution in [0.15, 0.2) is 47.6 Å². The third-order valence-corrected chi connectivity index (χ3v) is 6.74. The number of nitrogens with one attached hydrogen (secondary N) is 1. The number of thioether (sulfide) groups is 1. The number of carbonyl (C=O) groups is 1. The van der Waals surface area contributed by atoms with Gasteiger partial charge in [-0.15, -0.1) is 10.2 Å². The van der Waals surface area contributed by atoms with Crippen molar-refractivity contribution in [3.63, 3.8) is 0 Å². The van der Waals surface area contributed by atoms with Crippen LogP contribution < -0.4 is 5.32 Å². The van der Waals surface area contributed by atoms with Crippen LogP contribution in [0.2, 0.25) is 10.0 Å². The standard InChI is InChI=1S/C22H22Cl2N4OS/c1-3-28-21(17-11-16(17)14-6-4-13(2)5-7-14)26-27-22(28)30-12-20(29)25-19-9-8-15(23)10-18(19)24/h4-10,16-17H,3,11-12H2,1-2H3,(H,25,29)/t16-,17-/m0/s1. The van der Waals surface area contributed by atoms with E-state index in [-0.39, 0.29) is 11.7 Å². The molecule has 30 heavy (non-hydrogen) atoms. The smallest absolute Gasteiger partial charge is 0.234 e. The Kier molecular flexibility index (Phi) is 6.37. The lowest BCUT2D eigenvalue weighted by Gasteiger charge is -2.09. The van der Waals surface area contributed by atoms with Gasteiger partial charge in [-0.2, -0.15) is 0 Å². The first-order chi connectivity index (χ1) is 14.5. The summed E-state index contributed by atoms with van der Waals surface area (Å²) < 4.78 is 2.12. The highest BCUT2D eigenvalue weighted by molar-refractivity contribution is 7.99. The number of anilines is 1. The van der Waals surface area contributed by atoms with Crippen LogP contribution in [-0.2, 0) is 11.3 Å². The second kappa shape index (κ2) is 9.00. The zero-order valence-corrected chi connectivity index (χ0v) is 19.1. The van der Waals surface area contributed by atoms with E-state index in [0.29, 0.717) is 27.6 Å². The lowest BCUT2D eigenvalue weighted by molar-refractivity contribution is -0.113. The van der Waals surface area contributed by atoms with E-state index in [2.05, 4.69) is 58.2 Å². The third kappa shape index (κ3) is 4.66. The predicted molar refractivity (Wildman–Crippen MR) is 123 cm³/mol. The summed E-state index contributed by atoms with van der Waals surface area (Å²) in [4.78, 5) is 12.4. The number of aryl methyl sites for hydroxylation is 1. The van der Waals surface area contributed by atoms with Crippen LogP contribution in [0.5, 0.6) is 0 Å². The Bertz CT molecular complexity index is 1070. The summed E-state index contributed by atoms with van der Waals surface area (Å²) in [6, 6.07) is 13.7. The Morgan fingerprint density at radius 2 is 1.93 bits per heavy atom. The van der Waals surface area contributed by atoms with E-state index in [0.717, 1.165) is 23.9 Å². The number of amides is 1. The number of halogens is 2. The molecular formula is C22H22Cl2N4OS. The molecular weight excluding hydrogens is 439 g/mol. The van der Waals surface area contributed by atoms with E-state index in [9.17, 15) is 4.79 Å². The molecule has 0 aliphatic heterocycles. The average molecular weight is 461 g/mol. The van der Waals surface area contributed by atoms with Gasteiger partial charge in [0.05, 0.1) is 16.5 Å². The van der Waals surface area contributed by atoms with E-state index in [4.69, 9.17) is 23.2 Å². The predicted octanol–water partition coefficient (Wildman–Crippen LogP) is 5.92. The molecule has 2 atom stereocenters. The van der Waals surface area contributed by atoms with Crippen LogP contribution in [-0.4, -0.2) is 26.4 Å². The molecule has 8 heteroatoms. The van der Waals surface area contributed by atoms with Gasteiger partial charge in [-0.05, 0) is 49.9 Å². The molecule has 4 rings (SSSR count). The van der Waals surface area contributed by atoms with Crippen LogP contribution in [0.1, 0.15) is 42.1 Å². The minimum atomic E-state index is -0.152. The molecule has 5 nitrogen and oxygen atoms in total. The van der Waals surface area contributed by atoms with E-state index in [1.807, 2.05) is 0 Å². The van der Waals surface area contributed by atoms with Gasteiger partial charge < -0.3 is 9.88 Å². The molecule has 1 N–H and O–H groups in total. The number of hydrogen-bond donors (Lipinski definition) is 1. The van der Waals surface area contributed by atoms with Crippen LogP contribution >= 0.6 is 35.0 Å².